The second-order valence-corrected chi connectivity index (χ2v) is 7.97. The molecule has 1 saturated heterocycles. The number of carbonyl (C=O) groups is 2. The smallest absolute Gasteiger partial charge is 0.490 e. The number of ether oxygens (including phenoxy) is 2. The molecule has 0 radical (unpaired) electrons. The number of aromatic nitrogens is 2. The van der Waals surface area contributed by atoms with Crippen LogP contribution in [0.5, 0.6) is 5.75 Å². The number of benzene rings is 2. The first-order valence-electron chi connectivity index (χ1n) is 11.6. The average Bonchev–Trinajstić information content (AvgIpc) is 2.93. The Hall–Kier alpha value is -4.59. The number of carboxylic acids is 1. The molecule has 1 aliphatic rings. The van der Waals surface area contributed by atoms with E-state index in [0.29, 0.717) is 23.1 Å². The Kier molecular flexibility index (Phi) is 9.86. The van der Waals surface area contributed by atoms with Gasteiger partial charge < -0.3 is 35.4 Å². The Bertz CT molecular complexity index is 1270. The zero-order valence-corrected chi connectivity index (χ0v) is 21.1. The van der Waals surface area contributed by atoms with Gasteiger partial charge in [0.15, 0.2) is 0 Å². The number of carbonyl (C=O) groups excluding carboxylic acids is 1. The van der Waals surface area contributed by atoms with Gasteiger partial charge in [0.2, 0.25) is 5.95 Å². The number of hydrogen-bond acceptors (Lipinski definition) is 9. The molecule has 4 rings (SSSR count). The summed E-state index contributed by atoms with van der Waals surface area (Å²) in [6.07, 6.45) is -3.58. The topological polar surface area (TPSA) is 138 Å². The number of nitrogens with one attached hydrogen (secondary N) is 3. The van der Waals surface area contributed by atoms with Crippen LogP contribution < -0.4 is 25.6 Å². The lowest BCUT2D eigenvalue weighted by atomic mass is 10.2. The summed E-state index contributed by atoms with van der Waals surface area (Å²) in [7, 11) is 3.17. The number of halogens is 3. The van der Waals surface area contributed by atoms with E-state index in [4.69, 9.17) is 19.4 Å². The second kappa shape index (κ2) is 13.3. The quantitative estimate of drug-likeness (QED) is 0.345. The van der Waals surface area contributed by atoms with Crippen LogP contribution in [0.25, 0.3) is 0 Å². The van der Waals surface area contributed by atoms with Gasteiger partial charge in [-0.1, -0.05) is 6.07 Å². The fourth-order valence-electron chi connectivity index (χ4n) is 3.38. The number of anilines is 5. The van der Waals surface area contributed by atoms with Gasteiger partial charge in [0.25, 0.3) is 5.91 Å². The molecule has 1 aromatic heterocycles. The van der Waals surface area contributed by atoms with Crippen molar-refractivity contribution in [3.63, 3.8) is 0 Å². The zero-order valence-electron chi connectivity index (χ0n) is 21.1. The monoisotopic (exact) mass is 548 g/mol. The predicted molar refractivity (Wildman–Crippen MR) is 138 cm³/mol. The molecule has 2 aromatic carbocycles. The number of morpholine rings is 1. The second-order valence-electron chi connectivity index (χ2n) is 7.97. The maximum atomic E-state index is 12.3. The van der Waals surface area contributed by atoms with E-state index in [1.54, 1.807) is 14.2 Å². The summed E-state index contributed by atoms with van der Waals surface area (Å²) in [6.45, 7) is 3.26. The molecule has 0 bridgehead atoms. The summed E-state index contributed by atoms with van der Waals surface area (Å²) >= 11 is 0. The minimum absolute atomic E-state index is 0.281. The van der Waals surface area contributed by atoms with Crippen molar-refractivity contribution < 1.29 is 37.3 Å². The van der Waals surface area contributed by atoms with Crippen molar-refractivity contribution in [2.24, 2.45) is 0 Å². The standard InChI is InChI=1S/C23H26N6O3.C2HF3O2/c1-24-22(30)20-15-25-23(28-21(20)26-17-4-3-5-19(14-17)31-2)27-16-6-8-18(9-7-16)29-10-12-32-13-11-29;3-2(4,5)1(6)7/h3-9,14-15H,10-13H2,1-2H3,(H,24,30)(H2,25,26,27,28);(H,6,7). The molecule has 4 N–H and O–H groups in total. The van der Waals surface area contributed by atoms with E-state index in [1.807, 2.05) is 36.4 Å². The van der Waals surface area contributed by atoms with E-state index < -0.39 is 12.1 Å². The van der Waals surface area contributed by atoms with Crippen LogP contribution in [0.1, 0.15) is 10.4 Å². The van der Waals surface area contributed by atoms with Gasteiger partial charge in [-0.2, -0.15) is 18.2 Å². The molecule has 0 spiro atoms. The van der Waals surface area contributed by atoms with Crippen molar-refractivity contribution in [1.29, 1.82) is 0 Å². The average molecular weight is 549 g/mol. The zero-order chi connectivity index (χ0) is 28.4. The number of amides is 1. The highest BCUT2D eigenvalue weighted by Gasteiger charge is 2.38. The van der Waals surface area contributed by atoms with Crippen molar-refractivity contribution in [2.45, 2.75) is 6.18 Å². The largest absolute Gasteiger partial charge is 0.497 e. The van der Waals surface area contributed by atoms with Gasteiger partial charge in [0, 0.05) is 49.5 Å². The van der Waals surface area contributed by atoms with Crippen molar-refractivity contribution in [1.82, 2.24) is 15.3 Å². The molecule has 0 saturated carbocycles. The van der Waals surface area contributed by atoms with Crippen molar-refractivity contribution in [2.75, 3.05) is 56.0 Å². The SMILES string of the molecule is CNC(=O)c1cnc(Nc2ccc(N3CCOCC3)cc2)nc1Nc1cccc(OC)c1.O=C(O)C(F)(F)F. The lowest BCUT2D eigenvalue weighted by molar-refractivity contribution is -0.192. The number of nitrogens with zero attached hydrogens (tertiary/aromatic N) is 3. The van der Waals surface area contributed by atoms with Gasteiger partial charge in [-0.3, -0.25) is 4.79 Å². The third-order valence-electron chi connectivity index (χ3n) is 5.34. The van der Waals surface area contributed by atoms with Crippen LogP contribution in [-0.2, 0) is 9.53 Å². The van der Waals surface area contributed by atoms with Crippen LogP contribution in [0.3, 0.4) is 0 Å². The first-order chi connectivity index (χ1) is 18.6. The minimum Gasteiger partial charge on any atom is -0.497 e. The highest BCUT2D eigenvalue weighted by molar-refractivity contribution is 5.99. The molecule has 0 aliphatic carbocycles. The van der Waals surface area contributed by atoms with Crippen molar-refractivity contribution in [3.05, 3.63) is 60.3 Å². The fraction of sp³-hybridized carbons (Fsp3) is 0.280. The number of methoxy groups -OCH3 is 1. The normalized spacial score (nSPS) is 13.0. The Morgan fingerprint density at radius 3 is 2.31 bits per heavy atom. The molecular formula is C25H27F3N6O5. The number of carboxylic acid groups (broad SMARTS) is 1. The molecule has 0 atom stereocenters. The van der Waals surface area contributed by atoms with Gasteiger partial charge in [0.1, 0.15) is 17.1 Å². The molecule has 0 unspecified atom stereocenters. The minimum atomic E-state index is -5.08. The van der Waals surface area contributed by atoms with Gasteiger partial charge in [0.05, 0.1) is 20.3 Å². The first kappa shape index (κ1) is 29.0. The first-order valence-corrected chi connectivity index (χ1v) is 11.6. The third-order valence-corrected chi connectivity index (χ3v) is 5.34. The summed E-state index contributed by atoms with van der Waals surface area (Å²) in [4.78, 5) is 32.4. The summed E-state index contributed by atoms with van der Waals surface area (Å²) in [5.74, 6) is -1.57. The Morgan fingerprint density at radius 1 is 1.05 bits per heavy atom. The van der Waals surface area contributed by atoms with Crippen LogP contribution in [0.4, 0.5) is 42.0 Å². The van der Waals surface area contributed by atoms with Crippen LogP contribution in [-0.4, -0.2) is 73.6 Å². The van der Waals surface area contributed by atoms with Crippen LogP contribution in [0.15, 0.2) is 54.7 Å². The molecule has 3 aromatic rings. The summed E-state index contributed by atoms with van der Waals surface area (Å²) in [5, 5.41) is 16.1. The number of rotatable bonds is 7. The van der Waals surface area contributed by atoms with Crippen LogP contribution in [0.2, 0.25) is 0 Å². The third kappa shape index (κ3) is 8.46. The molecule has 208 valence electrons. The van der Waals surface area contributed by atoms with E-state index in [2.05, 4.69) is 43.0 Å². The van der Waals surface area contributed by atoms with Gasteiger partial charge in [-0.15, -0.1) is 0 Å². The summed E-state index contributed by atoms with van der Waals surface area (Å²) in [5.41, 5.74) is 3.08. The van der Waals surface area contributed by atoms with E-state index in [9.17, 15) is 18.0 Å². The lowest BCUT2D eigenvalue weighted by Crippen LogP contribution is -2.36. The Balaban J connectivity index is 0.000000532. The number of aliphatic carboxylic acids is 1. The maximum absolute atomic E-state index is 12.3. The number of hydrogen-bond donors (Lipinski definition) is 4. The van der Waals surface area contributed by atoms with Gasteiger partial charge in [-0.25, -0.2) is 9.78 Å². The van der Waals surface area contributed by atoms with E-state index in [1.165, 1.54) is 6.20 Å². The summed E-state index contributed by atoms with van der Waals surface area (Å²) in [6, 6.07) is 15.5. The molecule has 1 amide bonds. The molecule has 1 fully saturated rings. The maximum Gasteiger partial charge on any atom is 0.490 e. The Labute approximate surface area is 222 Å². The van der Waals surface area contributed by atoms with Crippen LogP contribution in [0, 0.1) is 0 Å². The molecule has 1 aliphatic heterocycles. The van der Waals surface area contributed by atoms with E-state index >= 15 is 0 Å². The molecular weight excluding hydrogens is 521 g/mol. The van der Waals surface area contributed by atoms with Gasteiger partial charge >= 0.3 is 12.1 Å². The predicted octanol–water partition coefficient (Wildman–Crippen LogP) is 3.80. The Morgan fingerprint density at radius 2 is 1.72 bits per heavy atom. The lowest BCUT2D eigenvalue weighted by Gasteiger charge is -2.28. The van der Waals surface area contributed by atoms with Crippen LogP contribution >= 0.6 is 0 Å². The fourth-order valence-corrected chi connectivity index (χ4v) is 3.38. The van der Waals surface area contributed by atoms with E-state index in [-0.39, 0.29) is 5.91 Å². The van der Waals surface area contributed by atoms with Crippen molar-refractivity contribution >= 4 is 40.7 Å². The highest BCUT2D eigenvalue weighted by Crippen LogP contribution is 2.25. The summed E-state index contributed by atoms with van der Waals surface area (Å²) < 4.78 is 42.4. The van der Waals surface area contributed by atoms with E-state index in [0.717, 1.165) is 43.4 Å². The molecule has 39 heavy (non-hydrogen) atoms. The molecule has 11 nitrogen and oxygen atoms in total. The van der Waals surface area contributed by atoms with Gasteiger partial charge in [-0.05, 0) is 36.4 Å². The molecule has 2 heterocycles. The number of alkyl halides is 3. The highest BCUT2D eigenvalue weighted by atomic mass is 19.4. The van der Waals surface area contributed by atoms with Crippen molar-refractivity contribution in [3.8, 4) is 5.75 Å². The molecule has 14 heteroatoms.